The number of halogens is 1. The Balaban J connectivity index is 2.30. The Morgan fingerprint density at radius 1 is 1.16 bits per heavy atom. The van der Waals surface area contributed by atoms with Crippen LogP contribution >= 0.6 is 15.9 Å². The fourth-order valence-electron chi connectivity index (χ4n) is 1.38. The van der Waals surface area contributed by atoms with E-state index in [0.29, 0.717) is 10.2 Å². The summed E-state index contributed by atoms with van der Waals surface area (Å²) in [5, 5.41) is 0. The Labute approximate surface area is 119 Å². The number of nitrogen functional groups attached to an aromatic ring is 1. The number of nitrogens with one attached hydrogen (secondary N) is 2. The Morgan fingerprint density at radius 3 is 2.42 bits per heavy atom. The van der Waals surface area contributed by atoms with Crippen LogP contribution in [-0.4, -0.2) is 13.4 Å². The standard InChI is InChI=1S/C11H11BrN4O2S/c12-10-2-1-7-14-11(10)16-19(17,18)9-5-3-8(15-13)4-6-9/h1-7,15H,13H2,(H,14,16). The highest BCUT2D eigenvalue weighted by atomic mass is 79.9. The van der Waals surface area contributed by atoms with Crippen LogP contribution in [0.3, 0.4) is 0 Å². The van der Waals surface area contributed by atoms with Crippen molar-refractivity contribution in [2.45, 2.75) is 4.90 Å². The molecule has 0 saturated carbocycles. The van der Waals surface area contributed by atoms with E-state index in [4.69, 9.17) is 5.84 Å². The lowest BCUT2D eigenvalue weighted by atomic mass is 10.3. The fraction of sp³-hybridized carbons (Fsp3) is 0. The van der Waals surface area contributed by atoms with Crippen molar-refractivity contribution in [1.82, 2.24) is 4.98 Å². The van der Waals surface area contributed by atoms with Gasteiger partial charge in [-0.05, 0) is 52.3 Å². The number of anilines is 2. The number of nitrogens with two attached hydrogens (primary N) is 1. The van der Waals surface area contributed by atoms with Gasteiger partial charge in [0.25, 0.3) is 10.0 Å². The van der Waals surface area contributed by atoms with Gasteiger partial charge in [-0.15, -0.1) is 0 Å². The summed E-state index contributed by atoms with van der Waals surface area (Å²) in [5.74, 6) is 5.46. The third-order valence-corrected chi connectivity index (χ3v) is 4.32. The van der Waals surface area contributed by atoms with E-state index in [1.165, 1.54) is 18.3 Å². The molecule has 0 amide bonds. The van der Waals surface area contributed by atoms with E-state index in [1.54, 1.807) is 24.3 Å². The van der Waals surface area contributed by atoms with Crippen molar-refractivity contribution in [3.8, 4) is 0 Å². The maximum atomic E-state index is 12.1. The number of pyridine rings is 1. The first kappa shape index (κ1) is 13.8. The summed E-state index contributed by atoms with van der Waals surface area (Å²) in [5.41, 5.74) is 3.05. The molecule has 0 bridgehead atoms. The third-order valence-electron chi connectivity index (χ3n) is 2.32. The number of aromatic nitrogens is 1. The third kappa shape index (κ3) is 3.22. The molecule has 0 aliphatic heterocycles. The molecule has 0 aliphatic carbocycles. The molecule has 1 aromatic carbocycles. The van der Waals surface area contributed by atoms with E-state index in [2.05, 4.69) is 31.1 Å². The van der Waals surface area contributed by atoms with Crippen molar-refractivity contribution in [2.75, 3.05) is 10.1 Å². The number of rotatable bonds is 4. The van der Waals surface area contributed by atoms with Crippen molar-refractivity contribution in [3.63, 3.8) is 0 Å². The lowest BCUT2D eigenvalue weighted by molar-refractivity contribution is 0.601. The molecule has 19 heavy (non-hydrogen) atoms. The molecule has 2 rings (SSSR count). The fourth-order valence-corrected chi connectivity index (χ4v) is 2.89. The molecule has 0 unspecified atom stereocenters. The number of hydrazine groups is 1. The summed E-state index contributed by atoms with van der Waals surface area (Å²) in [4.78, 5) is 4.08. The average molecular weight is 343 g/mol. The maximum absolute atomic E-state index is 12.1. The van der Waals surface area contributed by atoms with E-state index in [0.717, 1.165) is 0 Å². The van der Waals surface area contributed by atoms with E-state index < -0.39 is 10.0 Å². The second-order valence-corrected chi connectivity index (χ2v) is 6.14. The first-order chi connectivity index (χ1) is 9.03. The van der Waals surface area contributed by atoms with Crippen LogP contribution in [0.4, 0.5) is 11.5 Å². The van der Waals surface area contributed by atoms with Crippen molar-refractivity contribution in [2.24, 2.45) is 5.84 Å². The van der Waals surface area contributed by atoms with Crippen molar-refractivity contribution >= 4 is 37.5 Å². The van der Waals surface area contributed by atoms with Crippen LogP contribution in [0.1, 0.15) is 0 Å². The topological polar surface area (TPSA) is 97.1 Å². The highest BCUT2D eigenvalue weighted by Crippen LogP contribution is 2.22. The van der Waals surface area contributed by atoms with Gasteiger partial charge in [-0.1, -0.05) is 0 Å². The minimum atomic E-state index is -3.67. The van der Waals surface area contributed by atoms with Gasteiger partial charge in [0.1, 0.15) is 0 Å². The molecular weight excluding hydrogens is 332 g/mol. The highest BCUT2D eigenvalue weighted by Gasteiger charge is 2.15. The normalized spacial score (nSPS) is 11.1. The van der Waals surface area contributed by atoms with Gasteiger partial charge in [-0.3, -0.25) is 10.6 Å². The predicted molar refractivity (Wildman–Crippen MR) is 77.0 cm³/mol. The molecule has 0 fully saturated rings. The van der Waals surface area contributed by atoms with Crippen molar-refractivity contribution < 1.29 is 8.42 Å². The van der Waals surface area contributed by atoms with Gasteiger partial charge >= 0.3 is 0 Å². The Morgan fingerprint density at radius 2 is 1.84 bits per heavy atom. The number of nitrogens with zero attached hydrogens (tertiary/aromatic N) is 1. The largest absolute Gasteiger partial charge is 0.324 e. The van der Waals surface area contributed by atoms with Crippen molar-refractivity contribution in [1.29, 1.82) is 0 Å². The summed E-state index contributed by atoms with van der Waals surface area (Å²) in [7, 11) is -3.67. The van der Waals surface area contributed by atoms with E-state index in [9.17, 15) is 8.42 Å². The number of sulfonamides is 1. The maximum Gasteiger partial charge on any atom is 0.263 e. The molecular formula is C11H11BrN4O2S. The molecule has 0 atom stereocenters. The molecule has 0 spiro atoms. The average Bonchev–Trinajstić information content (AvgIpc) is 2.41. The SMILES string of the molecule is NNc1ccc(S(=O)(=O)Nc2ncccc2Br)cc1. The zero-order valence-corrected chi connectivity index (χ0v) is 12.1. The lowest BCUT2D eigenvalue weighted by Gasteiger charge is -2.09. The molecule has 1 aromatic heterocycles. The van der Waals surface area contributed by atoms with E-state index in [1.807, 2.05) is 0 Å². The van der Waals surface area contributed by atoms with Crippen LogP contribution in [0, 0.1) is 0 Å². The van der Waals surface area contributed by atoms with Crippen LogP contribution in [0.25, 0.3) is 0 Å². The summed E-state index contributed by atoms with van der Waals surface area (Å²) < 4.78 is 27.2. The summed E-state index contributed by atoms with van der Waals surface area (Å²) in [6.07, 6.45) is 1.50. The first-order valence-corrected chi connectivity index (χ1v) is 7.50. The molecule has 0 aliphatic rings. The van der Waals surface area contributed by atoms with E-state index >= 15 is 0 Å². The van der Waals surface area contributed by atoms with Crippen LogP contribution in [0.15, 0.2) is 52.0 Å². The summed E-state index contributed by atoms with van der Waals surface area (Å²) in [6.45, 7) is 0. The Hall–Kier alpha value is -1.64. The molecule has 4 N–H and O–H groups in total. The second-order valence-electron chi connectivity index (χ2n) is 3.61. The second kappa shape index (κ2) is 5.55. The molecule has 100 valence electrons. The molecule has 1 heterocycles. The summed E-state index contributed by atoms with van der Waals surface area (Å²) in [6, 6.07) is 9.45. The van der Waals surface area contributed by atoms with Gasteiger partial charge in [0.2, 0.25) is 0 Å². The van der Waals surface area contributed by atoms with Gasteiger partial charge in [-0.2, -0.15) is 0 Å². The minimum Gasteiger partial charge on any atom is -0.324 e. The molecule has 6 nitrogen and oxygen atoms in total. The van der Waals surface area contributed by atoms with Crippen LogP contribution in [0.5, 0.6) is 0 Å². The zero-order chi connectivity index (χ0) is 13.9. The minimum absolute atomic E-state index is 0.129. The molecule has 0 saturated heterocycles. The highest BCUT2D eigenvalue weighted by molar-refractivity contribution is 9.10. The number of hydrogen-bond acceptors (Lipinski definition) is 5. The smallest absolute Gasteiger partial charge is 0.263 e. The number of hydrogen-bond donors (Lipinski definition) is 3. The quantitative estimate of drug-likeness (QED) is 0.582. The molecule has 8 heteroatoms. The van der Waals surface area contributed by atoms with Gasteiger partial charge < -0.3 is 5.43 Å². The monoisotopic (exact) mass is 342 g/mol. The van der Waals surface area contributed by atoms with Crippen molar-refractivity contribution in [3.05, 3.63) is 47.1 Å². The predicted octanol–water partition coefficient (Wildman–Crippen LogP) is 1.93. The van der Waals surface area contributed by atoms with Crippen LogP contribution in [0.2, 0.25) is 0 Å². The Kier molecular flexibility index (Phi) is 4.03. The lowest BCUT2D eigenvalue weighted by Crippen LogP contribution is -2.14. The van der Waals surface area contributed by atoms with Crippen LogP contribution < -0.4 is 16.0 Å². The zero-order valence-electron chi connectivity index (χ0n) is 9.67. The van der Waals surface area contributed by atoms with Gasteiger partial charge in [0.15, 0.2) is 5.82 Å². The molecule has 0 radical (unpaired) electrons. The first-order valence-electron chi connectivity index (χ1n) is 5.23. The van der Waals surface area contributed by atoms with Gasteiger partial charge in [0.05, 0.1) is 9.37 Å². The van der Waals surface area contributed by atoms with Gasteiger partial charge in [-0.25, -0.2) is 13.4 Å². The van der Waals surface area contributed by atoms with E-state index in [-0.39, 0.29) is 10.7 Å². The number of benzene rings is 1. The van der Waals surface area contributed by atoms with Gasteiger partial charge in [0, 0.05) is 11.9 Å². The summed E-state index contributed by atoms with van der Waals surface area (Å²) >= 11 is 3.23. The Bertz CT molecular complexity index is 673. The van der Waals surface area contributed by atoms with Crippen LogP contribution in [-0.2, 0) is 10.0 Å². The molecule has 2 aromatic rings.